The third-order valence-corrected chi connectivity index (χ3v) is 4.33. The molecule has 2 N–H and O–H groups in total. The number of carbonyl (C=O) groups is 2. The number of anilines is 1. The van der Waals surface area contributed by atoms with E-state index in [1.807, 2.05) is 13.0 Å². The van der Waals surface area contributed by atoms with Gasteiger partial charge >= 0.3 is 0 Å². The van der Waals surface area contributed by atoms with E-state index >= 15 is 0 Å². The highest BCUT2D eigenvalue weighted by atomic mass is 32.1. The molecule has 2 amide bonds. The Labute approximate surface area is 128 Å². The van der Waals surface area contributed by atoms with Crippen LogP contribution in [-0.4, -0.2) is 18.9 Å². The molecule has 0 radical (unpaired) electrons. The van der Waals surface area contributed by atoms with Crippen molar-refractivity contribution in [1.29, 1.82) is 0 Å². The van der Waals surface area contributed by atoms with Gasteiger partial charge in [0.15, 0.2) is 0 Å². The Morgan fingerprint density at radius 2 is 1.95 bits per heavy atom. The van der Waals surface area contributed by atoms with E-state index in [1.165, 1.54) is 21.8 Å². The number of nitrogens with one attached hydrogen (secondary N) is 2. The molecular weight excluding hydrogens is 284 g/mol. The highest BCUT2D eigenvalue weighted by molar-refractivity contribution is 7.14. The molecule has 110 valence electrons. The zero-order chi connectivity index (χ0) is 15.4. The zero-order valence-corrected chi connectivity index (χ0v) is 13.1. The van der Waals surface area contributed by atoms with Crippen LogP contribution in [0.2, 0.25) is 0 Å². The summed E-state index contributed by atoms with van der Waals surface area (Å²) in [5, 5.41) is 5.40. The summed E-state index contributed by atoms with van der Waals surface area (Å²) < 4.78 is 0. The minimum atomic E-state index is -0.175. The lowest BCUT2D eigenvalue weighted by atomic mass is 10.2. The molecule has 2 aromatic rings. The number of thiophene rings is 1. The fourth-order valence-corrected chi connectivity index (χ4v) is 3.07. The summed E-state index contributed by atoms with van der Waals surface area (Å²) in [5.74, 6) is -0.316. The summed E-state index contributed by atoms with van der Waals surface area (Å²) >= 11 is 1.49. The molecule has 1 aromatic heterocycles. The summed E-state index contributed by atoms with van der Waals surface area (Å²) in [6, 6.07) is 8.82. The van der Waals surface area contributed by atoms with Gasteiger partial charge in [-0.2, -0.15) is 0 Å². The monoisotopic (exact) mass is 302 g/mol. The Morgan fingerprint density at radius 1 is 1.19 bits per heavy atom. The van der Waals surface area contributed by atoms with Crippen LogP contribution in [0.3, 0.4) is 0 Å². The average Bonchev–Trinajstić information content (AvgIpc) is 2.88. The summed E-state index contributed by atoms with van der Waals surface area (Å²) in [6.45, 7) is 4.09. The minimum Gasteiger partial charge on any atom is -0.355 e. The Morgan fingerprint density at radius 3 is 2.57 bits per heavy atom. The number of rotatable bonds is 4. The van der Waals surface area contributed by atoms with Gasteiger partial charge in [0.05, 0.1) is 4.88 Å². The van der Waals surface area contributed by atoms with Crippen molar-refractivity contribution in [3.8, 4) is 0 Å². The van der Waals surface area contributed by atoms with Gasteiger partial charge in [-0.25, -0.2) is 0 Å². The first-order valence-electron chi connectivity index (χ1n) is 6.78. The molecule has 0 aliphatic rings. The van der Waals surface area contributed by atoms with Crippen molar-refractivity contribution in [3.05, 3.63) is 51.2 Å². The Bertz CT molecular complexity index is 677. The van der Waals surface area contributed by atoms with Gasteiger partial charge in [-0.1, -0.05) is 13.0 Å². The predicted molar refractivity (Wildman–Crippen MR) is 86.2 cm³/mol. The van der Waals surface area contributed by atoms with Gasteiger partial charge in [0.1, 0.15) is 0 Å². The average molecular weight is 302 g/mol. The molecule has 0 saturated heterocycles. The fraction of sp³-hybridized carbons (Fsp3) is 0.250. The van der Waals surface area contributed by atoms with Gasteiger partial charge in [-0.05, 0) is 43.2 Å². The third-order valence-electron chi connectivity index (χ3n) is 3.23. The molecule has 0 atom stereocenters. The summed E-state index contributed by atoms with van der Waals surface area (Å²) in [5.41, 5.74) is 2.33. The van der Waals surface area contributed by atoms with Crippen molar-refractivity contribution in [1.82, 2.24) is 5.32 Å². The highest BCUT2D eigenvalue weighted by Crippen LogP contribution is 2.23. The highest BCUT2D eigenvalue weighted by Gasteiger charge is 2.12. The van der Waals surface area contributed by atoms with Gasteiger partial charge in [-0.15, -0.1) is 11.3 Å². The summed E-state index contributed by atoms with van der Waals surface area (Å²) in [7, 11) is 1.58. The predicted octanol–water partition coefficient (Wildman–Crippen LogP) is 3.23. The number of benzene rings is 1. The summed E-state index contributed by atoms with van der Waals surface area (Å²) in [4.78, 5) is 25.7. The second-order valence-corrected chi connectivity index (χ2v) is 5.92. The van der Waals surface area contributed by atoms with E-state index in [9.17, 15) is 9.59 Å². The molecule has 1 heterocycles. The Hall–Kier alpha value is -2.14. The van der Waals surface area contributed by atoms with E-state index in [1.54, 1.807) is 31.3 Å². The fourth-order valence-electron chi connectivity index (χ4n) is 2.06. The van der Waals surface area contributed by atoms with Crippen LogP contribution in [0.5, 0.6) is 0 Å². The lowest BCUT2D eigenvalue weighted by Gasteiger charge is -2.05. The van der Waals surface area contributed by atoms with Crippen molar-refractivity contribution in [2.24, 2.45) is 0 Å². The molecule has 0 spiro atoms. The van der Waals surface area contributed by atoms with Crippen LogP contribution >= 0.6 is 11.3 Å². The molecule has 4 nitrogen and oxygen atoms in total. The lowest BCUT2D eigenvalue weighted by molar-refractivity contribution is 0.0961. The maximum atomic E-state index is 12.2. The van der Waals surface area contributed by atoms with Gasteiger partial charge in [-0.3, -0.25) is 9.59 Å². The molecule has 0 fully saturated rings. The van der Waals surface area contributed by atoms with E-state index in [4.69, 9.17) is 0 Å². The number of amides is 2. The van der Waals surface area contributed by atoms with Crippen LogP contribution in [-0.2, 0) is 6.42 Å². The molecule has 0 unspecified atom stereocenters. The molecule has 0 bridgehead atoms. The van der Waals surface area contributed by atoms with E-state index in [0.29, 0.717) is 16.1 Å². The van der Waals surface area contributed by atoms with Gasteiger partial charge in [0.2, 0.25) is 0 Å². The Kier molecular flexibility index (Phi) is 4.75. The zero-order valence-electron chi connectivity index (χ0n) is 12.3. The van der Waals surface area contributed by atoms with Crippen molar-refractivity contribution in [2.75, 3.05) is 12.4 Å². The first kappa shape index (κ1) is 15.3. The molecular formula is C16H18N2O2S. The maximum absolute atomic E-state index is 12.2. The van der Waals surface area contributed by atoms with Crippen LogP contribution < -0.4 is 10.6 Å². The van der Waals surface area contributed by atoms with Crippen LogP contribution in [0, 0.1) is 6.92 Å². The number of hydrogen-bond donors (Lipinski definition) is 2. The molecule has 5 heteroatoms. The van der Waals surface area contributed by atoms with Crippen LogP contribution in [0.4, 0.5) is 5.69 Å². The topological polar surface area (TPSA) is 58.2 Å². The first-order chi connectivity index (χ1) is 10.0. The first-order valence-corrected chi connectivity index (χ1v) is 7.59. The molecule has 21 heavy (non-hydrogen) atoms. The van der Waals surface area contributed by atoms with E-state index in [2.05, 4.69) is 17.6 Å². The smallest absolute Gasteiger partial charge is 0.265 e. The Balaban J connectivity index is 2.17. The largest absolute Gasteiger partial charge is 0.355 e. The van der Waals surface area contributed by atoms with Gasteiger partial charge in [0.25, 0.3) is 11.8 Å². The van der Waals surface area contributed by atoms with E-state index in [-0.39, 0.29) is 11.8 Å². The maximum Gasteiger partial charge on any atom is 0.265 e. The van der Waals surface area contributed by atoms with Crippen LogP contribution in [0.25, 0.3) is 0 Å². The summed E-state index contributed by atoms with van der Waals surface area (Å²) in [6.07, 6.45) is 0.918. The molecule has 0 aliphatic carbocycles. The number of carbonyl (C=O) groups excluding carboxylic acids is 2. The SMILES string of the molecule is CCc1cc(C(=O)Nc2cccc(C(=O)NC)c2)sc1C. The van der Waals surface area contributed by atoms with Crippen molar-refractivity contribution in [2.45, 2.75) is 20.3 Å². The third kappa shape index (κ3) is 3.49. The van der Waals surface area contributed by atoms with E-state index < -0.39 is 0 Å². The standard InChI is InChI=1S/C16H18N2O2S/c1-4-11-9-14(21-10(11)2)16(20)18-13-7-5-6-12(8-13)15(19)17-3/h5-9H,4H2,1-3H3,(H,17,19)(H,18,20). The molecule has 2 rings (SSSR count). The molecule has 0 aliphatic heterocycles. The number of hydrogen-bond acceptors (Lipinski definition) is 3. The quantitative estimate of drug-likeness (QED) is 0.911. The minimum absolute atomic E-state index is 0.142. The van der Waals surface area contributed by atoms with Crippen LogP contribution in [0.15, 0.2) is 30.3 Å². The van der Waals surface area contributed by atoms with Crippen molar-refractivity contribution < 1.29 is 9.59 Å². The van der Waals surface area contributed by atoms with Crippen molar-refractivity contribution in [3.63, 3.8) is 0 Å². The molecule has 0 saturated carbocycles. The second-order valence-electron chi connectivity index (χ2n) is 4.66. The van der Waals surface area contributed by atoms with Crippen molar-refractivity contribution >= 4 is 28.8 Å². The normalized spacial score (nSPS) is 10.2. The molecule has 1 aromatic carbocycles. The number of aryl methyl sites for hydroxylation is 2. The van der Waals surface area contributed by atoms with Gasteiger partial charge < -0.3 is 10.6 Å². The van der Waals surface area contributed by atoms with E-state index in [0.717, 1.165) is 6.42 Å². The lowest BCUT2D eigenvalue weighted by Crippen LogP contribution is -2.18. The van der Waals surface area contributed by atoms with Gasteiger partial charge in [0, 0.05) is 23.2 Å². The second kappa shape index (κ2) is 6.54. The van der Waals surface area contributed by atoms with Crippen LogP contribution in [0.1, 0.15) is 37.4 Å².